The zero-order valence-corrected chi connectivity index (χ0v) is 12.5. The van der Waals surface area contributed by atoms with Crippen LogP contribution in [0.2, 0.25) is 0 Å². The van der Waals surface area contributed by atoms with E-state index in [1.807, 2.05) is 60.9 Å². The van der Waals surface area contributed by atoms with Crippen molar-refractivity contribution in [2.75, 3.05) is 0 Å². The first kappa shape index (κ1) is 13.5. The highest BCUT2D eigenvalue weighted by Crippen LogP contribution is 2.20. The molecule has 3 heteroatoms. The average Bonchev–Trinajstić information content (AvgIpc) is 3.09. The molecule has 110 valence electrons. The molecule has 2 aromatic heterocycles. The summed E-state index contributed by atoms with van der Waals surface area (Å²) in [7, 11) is 0. The van der Waals surface area contributed by atoms with Crippen molar-refractivity contribution < 1.29 is 0 Å². The van der Waals surface area contributed by atoms with Gasteiger partial charge in [-0.15, -0.1) is 0 Å². The van der Waals surface area contributed by atoms with E-state index in [9.17, 15) is 0 Å². The second-order valence-corrected chi connectivity index (χ2v) is 5.28. The lowest BCUT2D eigenvalue weighted by Gasteiger charge is -2.05. The van der Waals surface area contributed by atoms with Gasteiger partial charge in [0.05, 0.1) is 23.1 Å². The molecule has 4 aromatic rings. The Balaban J connectivity index is 1.67. The summed E-state index contributed by atoms with van der Waals surface area (Å²) in [5.74, 6) is 0. The number of benzene rings is 2. The smallest absolute Gasteiger partial charge is 0.0703 e. The molecule has 0 N–H and O–H groups in total. The average molecular weight is 297 g/mol. The molecule has 0 bridgehead atoms. The van der Waals surface area contributed by atoms with Crippen LogP contribution < -0.4 is 0 Å². The van der Waals surface area contributed by atoms with Gasteiger partial charge in [0.1, 0.15) is 0 Å². The van der Waals surface area contributed by atoms with E-state index in [1.54, 1.807) is 6.20 Å². The summed E-state index contributed by atoms with van der Waals surface area (Å²) < 4.78 is 2.12. The molecular formula is C20H15N3. The molecule has 0 radical (unpaired) electrons. The number of hydrogen-bond donors (Lipinski definition) is 0. The van der Waals surface area contributed by atoms with E-state index < -0.39 is 0 Å². The van der Waals surface area contributed by atoms with Gasteiger partial charge in [-0.25, -0.2) is 0 Å². The fourth-order valence-corrected chi connectivity index (χ4v) is 2.61. The van der Waals surface area contributed by atoms with Crippen LogP contribution in [-0.2, 0) is 0 Å². The van der Waals surface area contributed by atoms with E-state index in [2.05, 4.69) is 38.8 Å². The van der Waals surface area contributed by atoms with Gasteiger partial charge in [0.15, 0.2) is 0 Å². The van der Waals surface area contributed by atoms with Crippen molar-refractivity contribution in [3.8, 4) is 5.69 Å². The maximum atomic E-state index is 4.61. The van der Waals surface area contributed by atoms with E-state index in [0.29, 0.717) is 0 Å². The Morgan fingerprint density at radius 3 is 2.70 bits per heavy atom. The van der Waals surface area contributed by atoms with Crippen LogP contribution >= 0.6 is 0 Å². The highest BCUT2D eigenvalue weighted by Gasteiger charge is 2.00. The number of aliphatic imine (C=N–C) groups is 1. The summed E-state index contributed by atoms with van der Waals surface area (Å²) in [6.07, 6.45) is 5.74. The van der Waals surface area contributed by atoms with Crippen molar-refractivity contribution in [2.45, 2.75) is 0 Å². The van der Waals surface area contributed by atoms with Gasteiger partial charge in [-0.2, -0.15) is 0 Å². The first-order chi connectivity index (χ1) is 11.4. The first-order valence-electron chi connectivity index (χ1n) is 7.52. The molecule has 0 spiro atoms. The summed E-state index contributed by atoms with van der Waals surface area (Å²) in [6.45, 7) is 0. The van der Waals surface area contributed by atoms with Crippen LogP contribution in [0.25, 0.3) is 16.6 Å². The van der Waals surface area contributed by atoms with E-state index in [4.69, 9.17) is 0 Å². The molecule has 0 saturated carbocycles. The summed E-state index contributed by atoms with van der Waals surface area (Å²) in [5, 5.41) is 1.10. The number of fused-ring (bicyclic) bond motifs is 1. The molecule has 0 amide bonds. The van der Waals surface area contributed by atoms with E-state index in [0.717, 1.165) is 28.0 Å². The van der Waals surface area contributed by atoms with Gasteiger partial charge >= 0.3 is 0 Å². The highest BCUT2D eigenvalue weighted by molar-refractivity contribution is 5.85. The lowest BCUT2D eigenvalue weighted by molar-refractivity contribution is 1.07. The van der Waals surface area contributed by atoms with E-state index >= 15 is 0 Å². The Kier molecular flexibility index (Phi) is 3.45. The Morgan fingerprint density at radius 2 is 1.78 bits per heavy atom. The second-order valence-electron chi connectivity index (χ2n) is 5.28. The van der Waals surface area contributed by atoms with Crippen molar-refractivity contribution in [1.82, 2.24) is 9.55 Å². The number of hydrogen-bond acceptors (Lipinski definition) is 2. The van der Waals surface area contributed by atoms with Gasteiger partial charge in [0.2, 0.25) is 0 Å². The third-order valence-electron chi connectivity index (χ3n) is 3.75. The van der Waals surface area contributed by atoms with Crippen LogP contribution in [0, 0.1) is 0 Å². The molecule has 0 aliphatic carbocycles. The second kappa shape index (κ2) is 5.89. The zero-order chi connectivity index (χ0) is 15.5. The van der Waals surface area contributed by atoms with Crippen molar-refractivity contribution in [1.29, 1.82) is 0 Å². The molecular weight excluding hydrogens is 282 g/mol. The predicted molar refractivity (Wildman–Crippen MR) is 94.8 cm³/mol. The van der Waals surface area contributed by atoms with E-state index in [-0.39, 0.29) is 0 Å². The summed E-state index contributed by atoms with van der Waals surface area (Å²) in [5.41, 5.74) is 4.08. The lowest BCUT2D eigenvalue weighted by Crippen LogP contribution is -1.97. The van der Waals surface area contributed by atoms with Crippen molar-refractivity contribution in [3.63, 3.8) is 0 Å². The van der Waals surface area contributed by atoms with Gasteiger partial charge in [-0.05, 0) is 48.5 Å². The summed E-state index contributed by atoms with van der Waals surface area (Å²) >= 11 is 0. The normalized spacial score (nSPS) is 11.3. The van der Waals surface area contributed by atoms with Gasteiger partial charge < -0.3 is 4.57 Å². The third-order valence-corrected chi connectivity index (χ3v) is 3.75. The SMILES string of the molecule is C(=Nc1ccc2ncccc2c1)c1cccn1-c1ccccc1. The standard InChI is InChI=1S/C20H15N3/c1-2-7-18(8-3-1)23-13-5-9-19(23)15-22-17-10-11-20-16(14-17)6-4-12-21-20/h1-15H. The van der Waals surface area contributed by atoms with Gasteiger partial charge in [0, 0.05) is 23.5 Å². The Bertz CT molecular complexity index is 968. The number of pyridine rings is 1. The van der Waals surface area contributed by atoms with Gasteiger partial charge in [-0.1, -0.05) is 24.3 Å². The highest BCUT2D eigenvalue weighted by atomic mass is 15.0. The molecule has 2 aromatic carbocycles. The monoisotopic (exact) mass is 297 g/mol. The van der Waals surface area contributed by atoms with Crippen molar-refractivity contribution >= 4 is 22.8 Å². The fourth-order valence-electron chi connectivity index (χ4n) is 2.61. The largest absolute Gasteiger partial charge is 0.316 e. The molecule has 0 aliphatic rings. The summed E-state index contributed by atoms with van der Waals surface area (Å²) in [4.78, 5) is 8.94. The zero-order valence-electron chi connectivity index (χ0n) is 12.5. The maximum absolute atomic E-state index is 4.61. The molecule has 3 nitrogen and oxygen atoms in total. The Morgan fingerprint density at radius 1 is 0.870 bits per heavy atom. The molecule has 0 aliphatic heterocycles. The van der Waals surface area contributed by atoms with Crippen LogP contribution in [0.5, 0.6) is 0 Å². The van der Waals surface area contributed by atoms with Crippen LogP contribution in [0.15, 0.2) is 90.2 Å². The molecule has 0 fully saturated rings. The minimum absolute atomic E-state index is 0.923. The van der Waals surface area contributed by atoms with E-state index in [1.165, 1.54) is 0 Å². The van der Waals surface area contributed by atoms with Crippen LogP contribution in [-0.4, -0.2) is 15.8 Å². The number of rotatable bonds is 3. The fraction of sp³-hybridized carbons (Fsp3) is 0. The quantitative estimate of drug-likeness (QED) is 0.501. The Labute approximate surface area is 134 Å². The third kappa shape index (κ3) is 2.77. The molecule has 2 heterocycles. The van der Waals surface area contributed by atoms with Crippen LogP contribution in [0.1, 0.15) is 5.69 Å². The topological polar surface area (TPSA) is 30.2 Å². The maximum Gasteiger partial charge on any atom is 0.0703 e. The minimum atomic E-state index is 0.923. The predicted octanol–water partition coefficient (Wildman–Crippen LogP) is 4.78. The number of nitrogens with zero attached hydrogens (tertiary/aromatic N) is 3. The molecule has 0 unspecified atom stereocenters. The van der Waals surface area contributed by atoms with Crippen LogP contribution in [0.4, 0.5) is 5.69 Å². The Hall–Kier alpha value is -3.20. The number of aromatic nitrogens is 2. The van der Waals surface area contributed by atoms with Crippen LogP contribution in [0.3, 0.4) is 0 Å². The minimum Gasteiger partial charge on any atom is -0.316 e. The van der Waals surface area contributed by atoms with Crippen molar-refractivity contribution in [2.24, 2.45) is 4.99 Å². The molecule has 0 saturated heterocycles. The molecule has 0 atom stereocenters. The molecule has 23 heavy (non-hydrogen) atoms. The summed E-state index contributed by atoms with van der Waals surface area (Å²) in [6, 6.07) is 24.4. The van der Waals surface area contributed by atoms with Crippen molar-refractivity contribution in [3.05, 3.63) is 90.9 Å². The molecule has 4 rings (SSSR count). The first-order valence-corrected chi connectivity index (χ1v) is 7.52. The number of para-hydroxylation sites is 1. The van der Waals surface area contributed by atoms with Gasteiger partial charge in [-0.3, -0.25) is 9.98 Å². The van der Waals surface area contributed by atoms with Gasteiger partial charge in [0.25, 0.3) is 0 Å². The lowest BCUT2D eigenvalue weighted by atomic mass is 10.2.